The fourth-order valence-corrected chi connectivity index (χ4v) is 4.59. The molecule has 3 N–H and O–H groups in total. The Hall–Kier alpha value is -3.07. The van der Waals surface area contributed by atoms with Crippen LogP contribution in [0.2, 0.25) is 0 Å². The molecule has 1 aromatic rings. The van der Waals surface area contributed by atoms with Crippen LogP contribution in [0.25, 0.3) is 0 Å². The smallest absolute Gasteiger partial charge is 0.265 e. The number of rotatable bonds is 7. The Morgan fingerprint density at radius 3 is 2.73 bits per heavy atom. The summed E-state index contributed by atoms with van der Waals surface area (Å²) in [7, 11) is 0. The van der Waals surface area contributed by atoms with Gasteiger partial charge in [-0.05, 0) is 62.4 Å². The van der Waals surface area contributed by atoms with Crippen LogP contribution in [0, 0.1) is 11.7 Å². The summed E-state index contributed by atoms with van der Waals surface area (Å²) >= 11 is 0. The number of aliphatic hydroxyl groups excluding tert-OH is 2. The minimum atomic E-state index is -0.387. The van der Waals surface area contributed by atoms with E-state index >= 15 is 0 Å². The Bertz CT molecular complexity index is 955. The van der Waals surface area contributed by atoms with Crippen LogP contribution in [0.5, 0.6) is 5.75 Å². The van der Waals surface area contributed by atoms with Gasteiger partial charge in [0.25, 0.3) is 5.91 Å². The van der Waals surface area contributed by atoms with Crippen molar-refractivity contribution in [1.82, 2.24) is 10.2 Å². The summed E-state index contributed by atoms with van der Waals surface area (Å²) in [5, 5.41) is 22.1. The molecule has 2 aliphatic heterocycles. The molecule has 1 fully saturated rings. The molecule has 0 spiro atoms. The number of piperidine rings is 1. The lowest BCUT2D eigenvalue weighted by Gasteiger charge is -2.34. The predicted molar refractivity (Wildman–Crippen MR) is 121 cm³/mol. The Balaban J connectivity index is 1.17. The minimum Gasteiger partial charge on any atom is -0.504 e. The molecule has 178 valence electrons. The number of benzene rings is 1. The van der Waals surface area contributed by atoms with E-state index in [1.54, 1.807) is 11.0 Å². The molecule has 1 aliphatic carbocycles. The van der Waals surface area contributed by atoms with Crippen LogP contribution in [0.4, 0.5) is 10.1 Å². The van der Waals surface area contributed by atoms with Crippen molar-refractivity contribution in [3.63, 3.8) is 0 Å². The molecule has 2 amide bonds. The normalized spacial score (nSPS) is 21.7. The first-order chi connectivity index (χ1) is 15.9. The maximum atomic E-state index is 13.4. The highest BCUT2D eigenvalue weighted by atomic mass is 19.1. The zero-order valence-electron chi connectivity index (χ0n) is 18.5. The molecule has 33 heavy (non-hydrogen) atoms. The minimum absolute atomic E-state index is 0.0433. The van der Waals surface area contributed by atoms with E-state index in [1.165, 1.54) is 24.3 Å². The van der Waals surface area contributed by atoms with Gasteiger partial charge < -0.3 is 30.1 Å². The number of hydrogen-bond donors (Lipinski definition) is 3. The molecule has 3 aliphatic rings. The highest BCUT2D eigenvalue weighted by molar-refractivity contribution is 5.97. The van der Waals surface area contributed by atoms with Crippen molar-refractivity contribution in [2.45, 2.75) is 38.1 Å². The Morgan fingerprint density at radius 1 is 1.18 bits per heavy atom. The molecule has 8 nitrogen and oxygen atoms in total. The van der Waals surface area contributed by atoms with Gasteiger partial charge in [-0.3, -0.25) is 9.59 Å². The second-order valence-electron chi connectivity index (χ2n) is 8.82. The molecule has 1 saturated heterocycles. The number of likely N-dealkylation sites (tertiary alicyclic amines) is 1. The lowest BCUT2D eigenvalue weighted by atomic mass is 9.95. The van der Waals surface area contributed by atoms with Crippen LogP contribution < -0.4 is 15.0 Å². The van der Waals surface area contributed by atoms with Crippen molar-refractivity contribution in [2.24, 2.45) is 5.92 Å². The number of halogens is 1. The van der Waals surface area contributed by atoms with Crippen molar-refractivity contribution in [3.05, 3.63) is 47.7 Å². The topological polar surface area (TPSA) is 102 Å². The van der Waals surface area contributed by atoms with Gasteiger partial charge in [-0.25, -0.2) is 4.39 Å². The van der Waals surface area contributed by atoms with E-state index in [4.69, 9.17) is 4.74 Å². The van der Waals surface area contributed by atoms with Gasteiger partial charge in [0.2, 0.25) is 5.91 Å². The summed E-state index contributed by atoms with van der Waals surface area (Å²) in [6.07, 6.45) is 6.39. The fraction of sp³-hybridized carbons (Fsp3) is 0.500. The third-order valence-corrected chi connectivity index (χ3v) is 6.39. The maximum Gasteiger partial charge on any atom is 0.265 e. The third-order valence-electron chi connectivity index (χ3n) is 6.39. The number of ether oxygens (including phenoxy) is 1. The van der Waals surface area contributed by atoms with Crippen LogP contribution in [0.1, 0.15) is 32.1 Å². The number of nitrogens with zero attached hydrogens (tertiary/aromatic N) is 2. The fourth-order valence-electron chi connectivity index (χ4n) is 4.59. The molecule has 0 aromatic heterocycles. The SMILES string of the molecule is O=C(CC1C=C(O)C(O)=CC1)NC1CCN(CCCN2C(=O)COc3cc(F)ccc32)CC1. The first kappa shape index (κ1) is 23.1. The van der Waals surface area contributed by atoms with Gasteiger partial charge in [-0.1, -0.05) is 0 Å². The molecule has 0 bridgehead atoms. The van der Waals surface area contributed by atoms with Crippen LogP contribution in [-0.2, 0) is 9.59 Å². The van der Waals surface area contributed by atoms with Crippen molar-refractivity contribution in [3.8, 4) is 5.75 Å². The maximum absolute atomic E-state index is 13.4. The van der Waals surface area contributed by atoms with Crippen molar-refractivity contribution >= 4 is 17.5 Å². The summed E-state index contributed by atoms with van der Waals surface area (Å²) in [5.41, 5.74) is 0.612. The van der Waals surface area contributed by atoms with Crippen molar-refractivity contribution < 1.29 is 28.9 Å². The number of fused-ring (bicyclic) bond motifs is 1. The average molecular weight is 460 g/mol. The molecule has 2 heterocycles. The highest BCUT2D eigenvalue weighted by Gasteiger charge is 2.27. The van der Waals surface area contributed by atoms with Gasteiger partial charge >= 0.3 is 0 Å². The van der Waals surface area contributed by atoms with Gasteiger partial charge in [0.05, 0.1) is 5.69 Å². The van der Waals surface area contributed by atoms with E-state index in [-0.39, 0.29) is 54.1 Å². The zero-order chi connectivity index (χ0) is 23.4. The Morgan fingerprint density at radius 2 is 1.97 bits per heavy atom. The van der Waals surface area contributed by atoms with E-state index in [0.29, 0.717) is 24.4 Å². The highest BCUT2D eigenvalue weighted by Crippen LogP contribution is 2.32. The quantitative estimate of drug-likeness (QED) is 0.580. The number of hydrogen-bond acceptors (Lipinski definition) is 6. The number of carbonyl (C=O) groups is 2. The number of amides is 2. The molecule has 1 unspecified atom stereocenters. The summed E-state index contributed by atoms with van der Waals surface area (Å²) < 4.78 is 18.8. The van der Waals surface area contributed by atoms with E-state index in [2.05, 4.69) is 10.2 Å². The van der Waals surface area contributed by atoms with Gasteiger partial charge in [-0.2, -0.15) is 0 Å². The summed E-state index contributed by atoms with van der Waals surface area (Å²) in [6.45, 7) is 3.04. The number of allylic oxidation sites excluding steroid dienone is 2. The van der Waals surface area contributed by atoms with Gasteiger partial charge in [0.15, 0.2) is 18.1 Å². The number of aliphatic hydroxyl groups is 2. The first-order valence-electron chi connectivity index (χ1n) is 11.4. The van der Waals surface area contributed by atoms with Crippen LogP contribution in [-0.4, -0.2) is 65.8 Å². The molecule has 9 heteroatoms. The van der Waals surface area contributed by atoms with Crippen LogP contribution in [0.15, 0.2) is 41.9 Å². The standard InChI is InChI=1S/C24H30FN3O5/c25-17-3-4-19-22(14-17)33-15-24(32)28(19)9-1-8-27-10-6-18(7-11-27)26-23(31)13-16-2-5-20(29)21(30)12-16/h3-5,12,14,16,18,29-30H,1-2,6-11,13,15H2,(H,26,31). The Kier molecular flexibility index (Phi) is 7.17. The van der Waals surface area contributed by atoms with Crippen LogP contribution >= 0.6 is 0 Å². The van der Waals surface area contributed by atoms with E-state index in [1.807, 2.05) is 0 Å². The largest absolute Gasteiger partial charge is 0.504 e. The molecule has 0 saturated carbocycles. The molecule has 1 atom stereocenters. The van der Waals surface area contributed by atoms with Gasteiger partial charge in [0.1, 0.15) is 11.6 Å². The lowest BCUT2D eigenvalue weighted by Crippen LogP contribution is -2.46. The number of anilines is 1. The summed E-state index contributed by atoms with van der Waals surface area (Å²) in [5.74, 6) is -0.552. The molecule has 0 radical (unpaired) electrons. The van der Waals surface area contributed by atoms with Crippen LogP contribution in [0.3, 0.4) is 0 Å². The number of carbonyl (C=O) groups excluding carboxylic acids is 2. The number of nitrogens with one attached hydrogen (secondary N) is 1. The van der Waals surface area contributed by atoms with E-state index in [0.717, 1.165) is 38.9 Å². The van der Waals surface area contributed by atoms with Crippen molar-refractivity contribution in [1.29, 1.82) is 0 Å². The third kappa shape index (κ3) is 5.84. The molecule has 1 aromatic carbocycles. The van der Waals surface area contributed by atoms with E-state index < -0.39 is 0 Å². The van der Waals surface area contributed by atoms with Gasteiger partial charge in [-0.15, -0.1) is 0 Å². The molecule has 4 rings (SSSR count). The Labute approximate surface area is 192 Å². The second-order valence-corrected chi connectivity index (χ2v) is 8.82. The predicted octanol–water partition coefficient (Wildman–Crippen LogP) is 2.82. The van der Waals surface area contributed by atoms with E-state index in [9.17, 15) is 24.2 Å². The first-order valence-corrected chi connectivity index (χ1v) is 11.4. The lowest BCUT2D eigenvalue weighted by molar-refractivity contribution is -0.123. The monoisotopic (exact) mass is 459 g/mol. The van der Waals surface area contributed by atoms with Crippen molar-refractivity contribution in [2.75, 3.05) is 37.7 Å². The second kappa shape index (κ2) is 10.2. The summed E-state index contributed by atoms with van der Waals surface area (Å²) in [6, 6.07) is 4.35. The zero-order valence-corrected chi connectivity index (χ0v) is 18.5. The average Bonchev–Trinajstić information content (AvgIpc) is 2.79. The molecular formula is C24H30FN3O5. The van der Waals surface area contributed by atoms with Gasteiger partial charge in [0, 0.05) is 38.2 Å². The molecular weight excluding hydrogens is 429 g/mol. The summed E-state index contributed by atoms with van der Waals surface area (Å²) in [4.78, 5) is 28.6.